The van der Waals surface area contributed by atoms with Gasteiger partial charge in [0.25, 0.3) is 0 Å². The van der Waals surface area contributed by atoms with Gasteiger partial charge in [0.05, 0.1) is 0 Å². The van der Waals surface area contributed by atoms with Crippen molar-refractivity contribution in [2.75, 3.05) is 19.6 Å². The molecule has 0 aliphatic rings. The van der Waals surface area contributed by atoms with Gasteiger partial charge in [-0.1, -0.05) is 56.5 Å². The van der Waals surface area contributed by atoms with Crippen LogP contribution in [0.1, 0.15) is 58.9 Å². The van der Waals surface area contributed by atoms with Crippen LogP contribution in [0.25, 0.3) is 0 Å². The minimum absolute atomic E-state index is 0.209. The predicted octanol–water partition coefficient (Wildman–Crippen LogP) is 4.46. The third-order valence-electron chi connectivity index (χ3n) is 3.66. The quantitative estimate of drug-likeness (QED) is 0.640. The highest BCUT2D eigenvalue weighted by Crippen LogP contribution is 2.07. The van der Waals surface area contributed by atoms with E-state index in [0.29, 0.717) is 0 Å². The first kappa shape index (κ1) is 18.2. The second-order valence-corrected chi connectivity index (χ2v) is 7.00. The van der Waals surface area contributed by atoms with Crippen molar-refractivity contribution in [2.24, 2.45) is 0 Å². The molecule has 2 nitrogen and oxygen atoms in total. The molecule has 0 fully saturated rings. The Hall–Kier alpha value is -0.860. The first-order valence-electron chi connectivity index (χ1n) is 8.52. The Morgan fingerprint density at radius 1 is 0.952 bits per heavy atom. The van der Waals surface area contributed by atoms with Gasteiger partial charge in [-0.05, 0) is 39.3 Å². The van der Waals surface area contributed by atoms with Crippen LogP contribution in [0.5, 0.6) is 0 Å². The Morgan fingerprint density at radius 2 is 1.67 bits per heavy atom. The second kappa shape index (κ2) is 9.97. The summed E-state index contributed by atoms with van der Waals surface area (Å²) in [6.07, 6.45) is 5.34. The maximum absolute atomic E-state index is 3.60. The SMILES string of the molecule is CCCCCCN(CCNC(C)(C)C)Cc1ccccc1. The fourth-order valence-electron chi connectivity index (χ4n) is 2.46. The van der Waals surface area contributed by atoms with Gasteiger partial charge in [0, 0.05) is 25.2 Å². The van der Waals surface area contributed by atoms with E-state index in [0.717, 1.165) is 19.6 Å². The molecule has 0 aliphatic heterocycles. The molecule has 0 aromatic heterocycles. The van der Waals surface area contributed by atoms with Gasteiger partial charge in [-0.2, -0.15) is 0 Å². The standard InChI is InChI=1S/C19H34N2/c1-5-6-7-11-15-21(16-14-20-19(2,3)4)17-18-12-9-8-10-13-18/h8-10,12-13,20H,5-7,11,14-17H2,1-4H3. The summed E-state index contributed by atoms with van der Waals surface area (Å²) >= 11 is 0. The molecule has 120 valence electrons. The maximum Gasteiger partial charge on any atom is 0.0234 e. The average Bonchev–Trinajstić information content (AvgIpc) is 2.43. The molecule has 0 aliphatic carbocycles. The minimum Gasteiger partial charge on any atom is -0.311 e. The van der Waals surface area contributed by atoms with Crippen LogP contribution in [0, 0.1) is 0 Å². The summed E-state index contributed by atoms with van der Waals surface area (Å²) < 4.78 is 0. The van der Waals surface area contributed by atoms with Crippen molar-refractivity contribution in [3.05, 3.63) is 35.9 Å². The van der Waals surface area contributed by atoms with Gasteiger partial charge in [0.2, 0.25) is 0 Å². The number of nitrogens with one attached hydrogen (secondary N) is 1. The van der Waals surface area contributed by atoms with Crippen molar-refractivity contribution in [2.45, 2.75) is 65.5 Å². The Balaban J connectivity index is 2.41. The van der Waals surface area contributed by atoms with Crippen LogP contribution < -0.4 is 5.32 Å². The number of benzene rings is 1. The lowest BCUT2D eigenvalue weighted by Gasteiger charge is -2.26. The molecule has 1 aromatic rings. The van der Waals surface area contributed by atoms with Crippen molar-refractivity contribution in [3.8, 4) is 0 Å². The smallest absolute Gasteiger partial charge is 0.0234 e. The predicted molar refractivity (Wildman–Crippen MR) is 93.6 cm³/mol. The van der Waals surface area contributed by atoms with Gasteiger partial charge in [-0.3, -0.25) is 4.90 Å². The van der Waals surface area contributed by atoms with E-state index in [2.05, 4.69) is 68.2 Å². The van der Waals surface area contributed by atoms with E-state index in [9.17, 15) is 0 Å². The molecule has 0 saturated heterocycles. The lowest BCUT2D eigenvalue weighted by atomic mass is 10.1. The van der Waals surface area contributed by atoms with Gasteiger partial charge < -0.3 is 5.32 Å². The maximum atomic E-state index is 3.60. The third kappa shape index (κ3) is 9.65. The first-order valence-corrected chi connectivity index (χ1v) is 8.52. The monoisotopic (exact) mass is 290 g/mol. The van der Waals surface area contributed by atoms with Crippen LogP contribution in [0.4, 0.5) is 0 Å². The van der Waals surface area contributed by atoms with Gasteiger partial charge in [-0.15, -0.1) is 0 Å². The summed E-state index contributed by atoms with van der Waals surface area (Å²) in [6, 6.07) is 10.8. The van der Waals surface area contributed by atoms with E-state index in [1.807, 2.05) is 0 Å². The summed E-state index contributed by atoms with van der Waals surface area (Å²) in [5.41, 5.74) is 1.63. The van der Waals surface area contributed by atoms with Crippen LogP contribution in [0.2, 0.25) is 0 Å². The van der Waals surface area contributed by atoms with Gasteiger partial charge >= 0.3 is 0 Å². The summed E-state index contributed by atoms with van der Waals surface area (Å²) in [7, 11) is 0. The highest BCUT2D eigenvalue weighted by Gasteiger charge is 2.10. The molecule has 0 amide bonds. The van der Waals surface area contributed by atoms with E-state index in [4.69, 9.17) is 0 Å². The van der Waals surface area contributed by atoms with Crippen LogP contribution in [-0.4, -0.2) is 30.1 Å². The lowest BCUT2D eigenvalue weighted by molar-refractivity contribution is 0.248. The fraction of sp³-hybridized carbons (Fsp3) is 0.684. The number of nitrogens with zero attached hydrogens (tertiary/aromatic N) is 1. The van der Waals surface area contributed by atoms with Gasteiger partial charge in [-0.25, -0.2) is 0 Å². The normalized spacial score (nSPS) is 12.0. The zero-order chi connectivity index (χ0) is 15.6. The molecule has 0 saturated carbocycles. The van der Waals surface area contributed by atoms with Crippen molar-refractivity contribution in [3.63, 3.8) is 0 Å². The number of unbranched alkanes of at least 4 members (excludes halogenated alkanes) is 3. The summed E-state index contributed by atoms with van der Waals surface area (Å²) in [4.78, 5) is 2.59. The molecule has 0 spiro atoms. The molecule has 21 heavy (non-hydrogen) atoms. The molecule has 2 heteroatoms. The highest BCUT2D eigenvalue weighted by molar-refractivity contribution is 5.14. The molecule has 1 rings (SSSR count). The third-order valence-corrected chi connectivity index (χ3v) is 3.66. The Kier molecular flexibility index (Phi) is 8.63. The summed E-state index contributed by atoms with van der Waals surface area (Å²) in [6.45, 7) is 13.4. The second-order valence-electron chi connectivity index (χ2n) is 7.00. The topological polar surface area (TPSA) is 15.3 Å². The van der Waals surface area contributed by atoms with Crippen LogP contribution in [0.3, 0.4) is 0 Å². The Bertz CT molecular complexity index is 354. The average molecular weight is 290 g/mol. The molecule has 1 aromatic carbocycles. The number of rotatable bonds is 10. The van der Waals surface area contributed by atoms with Crippen LogP contribution in [0.15, 0.2) is 30.3 Å². The van der Waals surface area contributed by atoms with Gasteiger partial charge in [0.1, 0.15) is 0 Å². The number of hydrogen-bond acceptors (Lipinski definition) is 2. The number of hydrogen-bond donors (Lipinski definition) is 1. The van der Waals surface area contributed by atoms with E-state index >= 15 is 0 Å². The zero-order valence-electron chi connectivity index (χ0n) is 14.5. The van der Waals surface area contributed by atoms with Crippen molar-refractivity contribution in [1.82, 2.24) is 10.2 Å². The highest BCUT2D eigenvalue weighted by atomic mass is 15.1. The molecular weight excluding hydrogens is 256 g/mol. The van der Waals surface area contributed by atoms with Crippen LogP contribution >= 0.6 is 0 Å². The zero-order valence-corrected chi connectivity index (χ0v) is 14.5. The minimum atomic E-state index is 0.209. The van der Waals surface area contributed by atoms with Crippen molar-refractivity contribution in [1.29, 1.82) is 0 Å². The Labute approximate surface area is 131 Å². The lowest BCUT2D eigenvalue weighted by Crippen LogP contribution is -2.41. The molecule has 0 heterocycles. The van der Waals surface area contributed by atoms with Crippen LogP contribution in [-0.2, 0) is 6.54 Å². The molecule has 0 bridgehead atoms. The molecule has 0 atom stereocenters. The first-order chi connectivity index (χ1) is 10.0. The molecule has 0 unspecified atom stereocenters. The van der Waals surface area contributed by atoms with E-state index in [1.54, 1.807) is 0 Å². The summed E-state index contributed by atoms with van der Waals surface area (Å²) in [5, 5.41) is 3.60. The Morgan fingerprint density at radius 3 is 2.29 bits per heavy atom. The fourth-order valence-corrected chi connectivity index (χ4v) is 2.46. The largest absolute Gasteiger partial charge is 0.311 e. The van der Waals surface area contributed by atoms with E-state index in [-0.39, 0.29) is 5.54 Å². The van der Waals surface area contributed by atoms with E-state index < -0.39 is 0 Å². The van der Waals surface area contributed by atoms with E-state index in [1.165, 1.54) is 37.8 Å². The summed E-state index contributed by atoms with van der Waals surface area (Å²) in [5.74, 6) is 0. The van der Waals surface area contributed by atoms with Crippen molar-refractivity contribution >= 4 is 0 Å². The molecular formula is C19H34N2. The van der Waals surface area contributed by atoms with Gasteiger partial charge in [0.15, 0.2) is 0 Å². The molecule has 0 radical (unpaired) electrons. The van der Waals surface area contributed by atoms with Crippen molar-refractivity contribution < 1.29 is 0 Å². The molecule has 1 N–H and O–H groups in total.